The highest BCUT2D eigenvalue weighted by atomic mass is 79.9. The van der Waals surface area contributed by atoms with E-state index in [0.717, 1.165) is 19.3 Å². The Morgan fingerprint density at radius 3 is 2.52 bits per heavy atom. The Morgan fingerprint density at radius 2 is 1.95 bits per heavy atom. The van der Waals surface area contributed by atoms with Crippen molar-refractivity contribution in [2.75, 3.05) is 5.32 Å². The zero-order chi connectivity index (χ0) is 15.5. The average Bonchev–Trinajstić information content (AvgIpc) is 2.43. The molecule has 1 amide bonds. The first-order valence-electron chi connectivity index (χ1n) is 6.91. The van der Waals surface area contributed by atoms with Crippen molar-refractivity contribution >= 4 is 33.5 Å². The Labute approximate surface area is 130 Å². The van der Waals surface area contributed by atoms with Gasteiger partial charge in [-0.25, -0.2) is 4.39 Å². The monoisotopic (exact) mass is 357 g/mol. The van der Waals surface area contributed by atoms with Gasteiger partial charge in [-0.15, -0.1) is 0 Å². The molecule has 0 radical (unpaired) electrons. The van der Waals surface area contributed by atoms with Crippen molar-refractivity contribution in [3.05, 3.63) is 28.5 Å². The van der Waals surface area contributed by atoms with Gasteiger partial charge < -0.3 is 10.4 Å². The van der Waals surface area contributed by atoms with E-state index in [1.54, 1.807) is 0 Å². The number of amides is 1. The summed E-state index contributed by atoms with van der Waals surface area (Å²) in [7, 11) is 0. The van der Waals surface area contributed by atoms with E-state index < -0.39 is 17.2 Å². The van der Waals surface area contributed by atoms with Gasteiger partial charge in [-0.2, -0.15) is 0 Å². The van der Waals surface area contributed by atoms with Gasteiger partial charge in [-0.3, -0.25) is 9.59 Å². The number of carboxylic acids is 1. The summed E-state index contributed by atoms with van der Waals surface area (Å²) < 4.78 is 13.4. The third kappa shape index (κ3) is 3.81. The predicted octanol–water partition coefficient (Wildman–Crippen LogP) is 3.95. The Hall–Kier alpha value is -1.43. The number of nitrogens with one attached hydrogen (secondary N) is 1. The maximum Gasteiger partial charge on any atom is 0.310 e. The number of aliphatic carboxylic acids is 1. The molecule has 0 spiro atoms. The Morgan fingerprint density at radius 1 is 1.29 bits per heavy atom. The van der Waals surface area contributed by atoms with E-state index in [1.165, 1.54) is 18.2 Å². The van der Waals surface area contributed by atoms with Gasteiger partial charge in [0, 0.05) is 12.1 Å². The lowest BCUT2D eigenvalue weighted by Gasteiger charge is -2.32. The van der Waals surface area contributed by atoms with Gasteiger partial charge in [0.15, 0.2) is 0 Å². The Bertz CT molecular complexity index is 556. The van der Waals surface area contributed by atoms with Crippen molar-refractivity contribution in [3.63, 3.8) is 0 Å². The number of anilines is 1. The molecule has 21 heavy (non-hydrogen) atoms. The molecule has 0 aliphatic heterocycles. The second kappa shape index (κ2) is 6.56. The van der Waals surface area contributed by atoms with E-state index in [1.807, 2.05) is 0 Å². The van der Waals surface area contributed by atoms with Gasteiger partial charge in [0.05, 0.1) is 9.89 Å². The molecule has 2 N–H and O–H groups in total. The zero-order valence-corrected chi connectivity index (χ0v) is 13.1. The summed E-state index contributed by atoms with van der Waals surface area (Å²) >= 11 is 3.05. The first kappa shape index (κ1) is 15.9. The molecule has 0 aromatic heterocycles. The average molecular weight is 358 g/mol. The van der Waals surface area contributed by atoms with Crippen LogP contribution in [0.5, 0.6) is 0 Å². The van der Waals surface area contributed by atoms with Gasteiger partial charge in [-0.05, 0) is 47.0 Å². The standard InChI is InChI=1S/C15H17BrFNO3/c16-11-8-10(4-5-12(11)17)18-13(19)9-15(14(20)21)6-2-1-3-7-15/h4-5,8H,1-3,6-7,9H2,(H,18,19)(H,20,21). The molecule has 0 atom stereocenters. The molecule has 0 unspecified atom stereocenters. The second-order valence-corrected chi connectivity index (χ2v) is 6.35. The third-order valence-electron chi connectivity index (χ3n) is 3.97. The summed E-state index contributed by atoms with van der Waals surface area (Å²) in [6.07, 6.45) is 3.70. The van der Waals surface area contributed by atoms with E-state index in [9.17, 15) is 19.1 Å². The van der Waals surface area contributed by atoms with Gasteiger partial charge in [0.25, 0.3) is 0 Å². The van der Waals surface area contributed by atoms with Crippen LogP contribution in [0.4, 0.5) is 10.1 Å². The van der Waals surface area contributed by atoms with Crippen LogP contribution < -0.4 is 5.32 Å². The summed E-state index contributed by atoms with van der Waals surface area (Å²) in [6, 6.07) is 4.15. The molecule has 6 heteroatoms. The summed E-state index contributed by atoms with van der Waals surface area (Å²) in [5, 5.41) is 12.1. The van der Waals surface area contributed by atoms with E-state index in [-0.39, 0.29) is 16.8 Å². The normalized spacial score (nSPS) is 17.2. The maximum absolute atomic E-state index is 13.1. The van der Waals surface area contributed by atoms with Crippen LogP contribution in [0.2, 0.25) is 0 Å². The van der Waals surface area contributed by atoms with Crippen molar-refractivity contribution in [1.82, 2.24) is 0 Å². The molecule has 114 valence electrons. The third-order valence-corrected chi connectivity index (χ3v) is 4.57. The second-order valence-electron chi connectivity index (χ2n) is 5.50. The van der Waals surface area contributed by atoms with Crippen LogP contribution in [-0.2, 0) is 9.59 Å². The van der Waals surface area contributed by atoms with Crippen LogP contribution in [0.1, 0.15) is 38.5 Å². The van der Waals surface area contributed by atoms with Crippen molar-refractivity contribution in [3.8, 4) is 0 Å². The number of carbonyl (C=O) groups excluding carboxylic acids is 1. The molecule has 4 nitrogen and oxygen atoms in total. The highest BCUT2D eigenvalue weighted by molar-refractivity contribution is 9.10. The molecule has 0 bridgehead atoms. The molecular weight excluding hydrogens is 341 g/mol. The Balaban J connectivity index is 2.05. The van der Waals surface area contributed by atoms with Crippen molar-refractivity contribution in [2.45, 2.75) is 38.5 Å². The van der Waals surface area contributed by atoms with Gasteiger partial charge in [0.1, 0.15) is 5.82 Å². The fourth-order valence-corrected chi connectivity index (χ4v) is 3.16. The lowest BCUT2D eigenvalue weighted by atomic mass is 9.71. The predicted molar refractivity (Wildman–Crippen MR) is 80.5 cm³/mol. The number of carboxylic acid groups (broad SMARTS) is 1. The summed E-state index contributed by atoms with van der Waals surface area (Å²) in [6.45, 7) is 0. The summed E-state index contributed by atoms with van der Waals surface area (Å²) in [5.74, 6) is -1.67. The first-order chi connectivity index (χ1) is 9.93. The smallest absolute Gasteiger partial charge is 0.310 e. The number of halogens is 2. The summed E-state index contributed by atoms with van der Waals surface area (Å²) in [5.41, 5.74) is -0.510. The number of hydrogen-bond donors (Lipinski definition) is 2. The number of hydrogen-bond acceptors (Lipinski definition) is 2. The number of benzene rings is 1. The molecule has 1 aromatic rings. The minimum absolute atomic E-state index is 0.0443. The van der Waals surface area contributed by atoms with Crippen molar-refractivity contribution < 1.29 is 19.1 Å². The topological polar surface area (TPSA) is 66.4 Å². The molecule has 1 fully saturated rings. The lowest BCUT2D eigenvalue weighted by molar-refractivity contribution is -0.153. The zero-order valence-electron chi connectivity index (χ0n) is 11.5. The lowest BCUT2D eigenvalue weighted by Crippen LogP contribution is -2.37. The highest BCUT2D eigenvalue weighted by Gasteiger charge is 2.41. The largest absolute Gasteiger partial charge is 0.481 e. The van der Waals surface area contributed by atoms with Crippen LogP contribution in [-0.4, -0.2) is 17.0 Å². The van der Waals surface area contributed by atoms with E-state index in [0.29, 0.717) is 18.5 Å². The van der Waals surface area contributed by atoms with Crippen LogP contribution in [0.15, 0.2) is 22.7 Å². The molecule has 1 aromatic carbocycles. The van der Waals surface area contributed by atoms with Gasteiger partial charge in [-0.1, -0.05) is 19.3 Å². The maximum atomic E-state index is 13.1. The van der Waals surface area contributed by atoms with E-state index >= 15 is 0 Å². The number of rotatable bonds is 4. The van der Waals surface area contributed by atoms with Crippen LogP contribution in [0, 0.1) is 11.2 Å². The molecule has 0 heterocycles. The fourth-order valence-electron chi connectivity index (χ4n) is 2.78. The van der Waals surface area contributed by atoms with Gasteiger partial charge in [0.2, 0.25) is 5.91 Å². The molecule has 0 saturated heterocycles. The van der Waals surface area contributed by atoms with Crippen LogP contribution in [0.3, 0.4) is 0 Å². The van der Waals surface area contributed by atoms with Crippen LogP contribution in [0.25, 0.3) is 0 Å². The van der Waals surface area contributed by atoms with E-state index in [2.05, 4.69) is 21.2 Å². The van der Waals surface area contributed by atoms with Crippen molar-refractivity contribution in [2.24, 2.45) is 5.41 Å². The van der Waals surface area contributed by atoms with Crippen LogP contribution >= 0.6 is 15.9 Å². The first-order valence-corrected chi connectivity index (χ1v) is 7.71. The molecule has 1 aliphatic carbocycles. The molecular formula is C15H17BrFNO3. The van der Waals surface area contributed by atoms with E-state index in [4.69, 9.17) is 0 Å². The van der Waals surface area contributed by atoms with Crippen molar-refractivity contribution in [1.29, 1.82) is 0 Å². The SMILES string of the molecule is O=C(CC1(C(=O)O)CCCCC1)Nc1ccc(F)c(Br)c1. The fraction of sp³-hybridized carbons (Fsp3) is 0.467. The molecule has 1 saturated carbocycles. The number of carbonyl (C=O) groups is 2. The molecule has 1 aliphatic rings. The quantitative estimate of drug-likeness (QED) is 0.857. The summed E-state index contributed by atoms with van der Waals surface area (Å²) in [4.78, 5) is 23.6. The van der Waals surface area contributed by atoms with Gasteiger partial charge >= 0.3 is 5.97 Å². The minimum atomic E-state index is -0.959. The Kier molecular flexibility index (Phi) is 4.98. The molecule has 2 rings (SSSR count). The highest BCUT2D eigenvalue weighted by Crippen LogP contribution is 2.39. The minimum Gasteiger partial charge on any atom is -0.481 e.